The van der Waals surface area contributed by atoms with Gasteiger partial charge in [0, 0.05) is 18.5 Å². The summed E-state index contributed by atoms with van der Waals surface area (Å²) in [7, 11) is 0. The number of piperidine rings is 1. The summed E-state index contributed by atoms with van der Waals surface area (Å²) in [6.07, 6.45) is 10.7. The molecule has 0 aromatic carbocycles. The number of carbonyl (C=O) groups excluding carboxylic acids is 2. The molecule has 5 heteroatoms. The van der Waals surface area contributed by atoms with Crippen LogP contribution in [0.25, 0.3) is 0 Å². The molecule has 5 aliphatic rings. The van der Waals surface area contributed by atoms with Crippen molar-refractivity contribution in [3.05, 3.63) is 0 Å². The van der Waals surface area contributed by atoms with Crippen LogP contribution in [0.1, 0.15) is 78.6 Å². The SMILES string of the molecule is CC(C)[C@H](NC(=O)C12CC3CC(CC(C3)C1)C2)C(=O)NCCCN1CCC[C@@H](C)C1. The van der Waals surface area contributed by atoms with E-state index in [1.54, 1.807) is 0 Å². The Morgan fingerprint density at radius 2 is 1.70 bits per heavy atom. The molecule has 30 heavy (non-hydrogen) atoms. The van der Waals surface area contributed by atoms with Crippen molar-refractivity contribution in [3.8, 4) is 0 Å². The predicted molar refractivity (Wildman–Crippen MR) is 120 cm³/mol. The van der Waals surface area contributed by atoms with Gasteiger partial charge < -0.3 is 15.5 Å². The molecule has 2 N–H and O–H groups in total. The summed E-state index contributed by atoms with van der Waals surface area (Å²) in [5.41, 5.74) is -0.187. The van der Waals surface area contributed by atoms with Crippen molar-refractivity contribution in [1.82, 2.24) is 15.5 Å². The lowest BCUT2D eigenvalue weighted by Gasteiger charge is -2.55. The van der Waals surface area contributed by atoms with Gasteiger partial charge >= 0.3 is 0 Å². The first-order valence-electron chi connectivity index (χ1n) is 12.7. The molecule has 4 saturated carbocycles. The van der Waals surface area contributed by atoms with Crippen LogP contribution < -0.4 is 10.6 Å². The molecule has 1 saturated heterocycles. The van der Waals surface area contributed by atoms with E-state index in [9.17, 15) is 9.59 Å². The molecule has 0 aromatic rings. The highest BCUT2D eigenvalue weighted by Gasteiger charge is 2.55. The van der Waals surface area contributed by atoms with Crippen LogP contribution in [-0.4, -0.2) is 48.9 Å². The average molecular weight is 418 g/mol. The highest BCUT2D eigenvalue weighted by atomic mass is 16.2. The van der Waals surface area contributed by atoms with Crippen LogP contribution in [-0.2, 0) is 9.59 Å². The molecule has 1 aliphatic heterocycles. The molecule has 5 fully saturated rings. The zero-order valence-corrected chi connectivity index (χ0v) is 19.4. The van der Waals surface area contributed by atoms with Gasteiger partial charge in [0.1, 0.15) is 6.04 Å². The monoisotopic (exact) mass is 417 g/mol. The van der Waals surface area contributed by atoms with E-state index in [2.05, 4.69) is 22.5 Å². The second-order valence-corrected chi connectivity index (χ2v) is 11.6. The Morgan fingerprint density at radius 3 is 2.27 bits per heavy atom. The van der Waals surface area contributed by atoms with Crippen LogP contribution in [0.15, 0.2) is 0 Å². The minimum absolute atomic E-state index is 0.00455. The third-order valence-corrected chi connectivity index (χ3v) is 8.45. The summed E-state index contributed by atoms with van der Waals surface area (Å²) in [6.45, 7) is 10.5. The van der Waals surface area contributed by atoms with E-state index in [-0.39, 0.29) is 23.1 Å². The number of nitrogens with one attached hydrogen (secondary N) is 2. The fraction of sp³-hybridized carbons (Fsp3) is 0.920. The second-order valence-electron chi connectivity index (χ2n) is 11.6. The van der Waals surface area contributed by atoms with Crippen molar-refractivity contribution < 1.29 is 9.59 Å². The third-order valence-electron chi connectivity index (χ3n) is 8.45. The lowest BCUT2D eigenvalue weighted by atomic mass is 9.49. The van der Waals surface area contributed by atoms with Crippen molar-refractivity contribution in [2.45, 2.75) is 84.6 Å². The van der Waals surface area contributed by atoms with Crippen LogP contribution in [0.3, 0.4) is 0 Å². The number of hydrogen-bond donors (Lipinski definition) is 2. The Hall–Kier alpha value is -1.10. The number of amides is 2. The molecule has 5 rings (SSSR count). The quantitative estimate of drug-likeness (QED) is 0.594. The van der Waals surface area contributed by atoms with Crippen molar-refractivity contribution in [2.75, 3.05) is 26.2 Å². The average Bonchev–Trinajstić information content (AvgIpc) is 2.68. The topological polar surface area (TPSA) is 61.4 Å². The highest BCUT2D eigenvalue weighted by molar-refractivity contribution is 5.90. The van der Waals surface area contributed by atoms with Gasteiger partial charge in [-0.05, 0) is 100 Å². The minimum Gasteiger partial charge on any atom is -0.354 e. The molecule has 4 bridgehead atoms. The standard InChI is InChI=1S/C25H43N3O2/c1-17(2)22(23(29)26-7-5-9-28-8-4-6-18(3)16-28)27-24(30)25-13-19-10-20(14-25)12-21(11-19)15-25/h17-22H,4-16H2,1-3H3,(H,26,29)(H,27,30)/t18-,19?,20?,21?,22+,25?/m1/s1. The third kappa shape index (κ3) is 4.87. The largest absolute Gasteiger partial charge is 0.354 e. The van der Waals surface area contributed by atoms with Crippen molar-refractivity contribution in [1.29, 1.82) is 0 Å². The lowest BCUT2D eigenvalue weighted by molar-refractivity contribution is -0.149. The van der Waals surface area contributed by atoms with E-state index in [0.29, 0.717) is 6.54 Å². The second kappa shape index (κ2) is 9.18. The number of nitrogens with zero attached hydrogens (tertiary/aromatic N) is 1. The van der Waals surface area contributed by atoms with E-state index in [0.717, 1.165) is 55.9 Å². The van der Waals surface area contributed by atoms with Gasteiger partial charge in [0.2, 0.25) is 11.8 Å². The number of hydrogen-bond acceptors (Lipinski definition) is 3. The van der Waals surface area contributed by atoms with Crippen molar-refractivity contribution in [2.24, 2.45) is 35.0 Å². The van der Waals surface area contributed by atoms with Crippen LogP contribution >= 0.6 is 0 Å². The molecule has 0 unspecified atom stereocenters. The van der Waals surface area contributed by atoms with Gasteiger partial charge in [-0.3, -0.25) is 9.59 Å². The molecular weight excluding hydrogens is 374 g/mol. The fourth-order valence-corrected chi connectivity index (χ4v) is 7.33. The van der Waals surface area contributed by atoms with Crippen LogP contribution in [0, 0.1) is 35.0 Å². The molecule has 2 atom stereocenters. The molecule has 2 amide bonds. The molecular formula is C25H43N3O2. The Bertz CT molecular complexity index is 597. The fourth-order valence-electron chi connectivity index (χ4n) is 7.33. The zero-order chi connectivity index (χ0) is 21.3. The molecule has 0 radical (unpaired) electrons. The van der Waals surface area contributed by atoms with Crippen LogP contribution in [0.4, 0.5) is 0 Å². The summed E-state index contributed by atoms with van der Waals surface area (Å²) in [5, 5.41) is 6.32. The maximum Gasteiger partial charge on any atom is 0.242 e. The molecule has 5 nitrogen and oxygen atoms in total. The van der Waals surface area contributed by atoms with E-state index in [1.807, 2.05) is 13.8 Å². The Labute approximate surface area is 183 Å². The predicted octanol–water partition coefficient (Wildman–Crippen LogP) is 3.58. The van der Waals surface area contributed by atoms with Crippen LogP contribution in [0.2, 0.25) is 0 Å². The number of rotatable bonds is 8. The van der Waals surface area contributed by atoms with Gasteiger partial charge in [0.05, 0.1) is 0 Å². The number of likely N-dealkylation sites (tertiary alicyclic amines) is 1. The van der Waals surface area contributed by atoms with E-state index < -0.39 is 6.04 Å². The number of carbonyl (C=O) groups is 2. The molecule has 0 spiro atoms. The first-order valence-corrected chi connectivity index (χ1v) is 12.7. The summed E-state index contributed by atoms with van der Waals surface area (Å²) >= 11 is 0. The Kier molecular flexibility index (Phi) is 6.76. The van der Waals surface area contributed by atoms with Gasteiger partial charge in [-0.15, -0.1) is 0 Å². The lowest BCUT2D eigenvalue weighted by Crippen LogP contribution is -2.58. The maximum atomic E-state index is 13.4. The van der Waals surface area contributed by atoms with Gasteiger partial charge in [0.15, 0.2) is 0 Å². The van der Waals surface area contributed by atoms with Gasteiger partial charge in [0.25, 0.3) is 0 Å². The van der Waals surface area contributed by atoms with Crippen LogP contribution in [0.5, 0.6) is 0 Å². The Balaban J connectivity index is 1.26. The zero-order valence-electron chi connectivity index (χ0n) is 19.4. The first kappa shape index (κ1) is 22.1. The first-order chi connectivity index (χ1) is 14.3. The Morgan fingerprint density at radius 1 is 1.07 bits per heavy atom. The van der Waals surface area contributed by atoms with E-state index in [1.165, 1.54) is 45.2 Å². The smallest absolute Gasteiger partial charge is 0.242 e. The summed E-state index contributed by atoms with van der Waals surface area (Å²) in [6, 6.07) is -0.416. The molecule has 4 aliphatic carbocycles. The molecule has 170 valence electrons. The van der Waals surface area contributed by atoms with Gasteiger partial charge in [-0.1, -0.05) is 20.8 Å². The maximum absolute atomic E-state index is 13.4. The molecule has 1 heterocycles. The minimum atomic E-state index is -0.416. The molecule has 0 aromatic heterocycles. The van der Waals surface area contributed by atoms with Gasteiger partial charge in [-0.2, -0.15) is 0 Å². The van der Waals surface area contributed by atoms with Gasteiger partial charge in [-0.25, -0.2) is 0 Å². The summed E-state index contributed by atoms with van der Waals surface area (Å²) in [4.78, 5) is 28.8. The normalized spacial score (nSPS) is 36.7. The van der Waals surface area contributed by atoms with Crippen molar-refractivity contribution >= 4 is 11.8 Å². The summed E-state index contributed by atoms with van der Waals surface area (Å²) < 4.78 is 0. The van der Waals surface area contributed by atoms with E-state index >= 15 is 0 Å². The highest BCUT2D eigenvalue weighted by Crippen LogP contribution is 2.60. The summed E-state index contributed by atoms with van der Waals surface area (Å²) in [5.74, 6) is 3.28. The van der Waals surface area contributed by atoms with E-state index in [4.69, 9.17) is 0 Å². The van der Waals surface area contributed by atoms with Crippen molar-refractivity contribution in [3.63, 3.8) is 0 Å².